The normalized spacial score (nSPS) is 34.1. The van der Waals surface area contributed by atoms with Crippen molar-refractivity contribution in [3.8, 4) is 0 Å². The van der Waals surface area contributed by atoms with E-state index in [0.717, 1.165) is 24.8 Å². The molecule has 2 bridgehead atoms. The van der Waals surface area contributed by atoms with Crippen LogP contribution >= 0.6 is 0 Å². The van der Waals surface area contributed by atoms with Gasteiger partial charge in [0.15, 0.2) is 0 Å². The van der Waals surface area contributed by atoms with Gasteiger partial charge in [-0.3, -0.25) is 4.79 Å². The van der Waals surface area contributed by atoms with Crippen LogP contribution in [0.4, 0.5) is 0 Å². The van der Waals surface area contributed by atoms with Crippen LogP contribution in [0.15, 0.2) is 12.2 Å². The van der Waals surface area contributed by atoms with Gasteiger partial charge in [0.2, 0.25) is 5.91 Å². The maximum absolute atomic E-state index is 12.4. The Hall–Kier alpha value is -0.830. The van der Waals surface area contributed by atoms with E-state index in [1.165, 1.54) is 0 Å². The van der Waals surface area contributed by atoms with E-state index >= 15 is 0 Å². The number of ether oxygens (including phenoxy) is 1. The lowest BCUT2D eigenvalue weighted by Crippen LogP contribution is -2.42. The zero-order chi connectivity index (χ0) is 12.7. The van der Waals surface area contributed by atoms with E-state index in [9.17, 15) is 4.79 Å². The first-order valence-corrected chi connectivity index (χ1v) is 6.42. The van der Waals surface area contributed by atoms with Crippen LogP contribution in [-0.4, -0.2) is 26.2 Å². The van der Waals surface area contributed by atoms with Crippen LogP contribution in [0.25, 0.3) is 0 Å². The third-order valence-corrected chi connectivity index (χ3v) is 4.92. The molecule has 0 aromatic rings. The molecule has 2 atom stereocenters. The Morgan fingerprint density at radius 3 is 2.82 bits per heavy atom. The Balaban J connectivity index is 2.10. The molecule has 0 radical (unpaired) electrons. The van der Waals surface area contributed by atoms with E-state index < -0.39 is 0 Å². The quantitative estimate of drug-likeness (QED) is 0.601. The second-order valence-corrected chi connectivity index (χ2v) is 5.97. The number of hydrogen-bond acceptors (Lipinski definition) is 2. The summed E-state index contributed by atoms with van der Waals surface area (Å²) in [5.74, 6) is 0.788. The molecule has 2 fully saturated rings. The molecule has 0 aliphatic heterocycles. The minimum Gasteiger partial charge on any atom is -0.383 e. The molecule has 3 heteroatoms. The number of carbonyl (C=O) groups is 1. The van der Waals surface area contributed by atoms with Crippen molar-refractivity contribution in [2.24, 2.45) is 16.7 Å². The van der Waals surface area contributed by atoms with Gasteiger partial charge >= 0.3 is 0 Å². The molecule has 0 spiro atoms. The first-order valence-electron chi connectivity index (χ1n) is 6.42. The lowest BCUT2D eigenvalue weighted by Gasteiger charge is -2.37. The van der Waals surface area contributed by atoms with Crippen LogP contribution in [0.5, 0.6) is 0 Å². The van der Waals surface area contributed by atoms with Crippen molar-refractivity contribution in [1.82, 2.24) is 5.32 Å². The van der Waals surface area contributed by atoms with E-state index in [2.05, 4.69) is 25.7 Å². The standard InChI is InChI=1S/C14H23NO2/c1-10-13(2,3)11-5-6-14(10,9-11)12(16)15-7-8-17-4/h11H,1,5-9H2,2-4H3,(H,15,16)/t11-,14+/m0/s1. The molecule has 2 saturated carbocycles. The monoisotopic (exact) mass is 237 g/mol. The maximum atomic E-state index is 12.4. The Morgan fingerprint density at radius 1 is 1.59 bits per heavy atom. The molecule has 2 rings (SSSR count). The van der Waals surface area contributed by atoms with Gasteiger partial charge in [0.1, 0.15) is 0 Å². The van der Waals surface area contributed by atoms with Crippen molar-refractivity contribution >= 4 is 5.91 Å². The average molecular weight is 237 g/mol. The molecule has 96 valence electrons. The van der Waals surface area contributed by atoms with Crippen LogP contribution in [0.3, 0.4) is 0 Å². The van der Waals surface area contributed by atoms with E-state index in [1.807, 2.05) is 0 Å². The molecular formula is C14H23NO2. The fourth-order valence-electron chi connectivity index (χ4n) is 3.58. The van der Waals surface area contributed by atoms with Crippen LogP contribution < -0.4 is 5.32 Å². The lowest BCUT2D eigenvalue weighted by atomic mass is 9.68. The van der Waals surface area contributed by atoms with Crippen molar-refractivity contribution in [3.05, 3.63) is 12.2 Å². The summed E-state index contributed by atoms with van der Waals surface area (Å²) >= 11 is 0. The van der Waals surface area contributed by atoms with Crippen molar-refractivity contribution in [2.45, 2.75) is 33.1 Å². The highest BCUT2D eigenvalue weighted by atomic mass is 16.5. The summed E-state index contributed by atoms with van der Waals surface area (Å²) in [7, 11) is 1.65. The number of amides is 1. The second-order valence-electron chi connectivity index (χ2n) is 5.97. The number of nitrogens with one attached hydrogen (secondary N) is 1. The predicted octanol–water partition coefficient (Wildman–Crippen LogP) is 2.13. The van der Waals surface area contributed by atoms with E-state index in [1.54, 1.807) is 7.11 Å². The molecule has 0 heterocycles. The molecule has 3 nitrogen and oxygen atoms in total. The summed E-state index contributed by atoms with van der Waals surface area (Å²) in [5, 5.41) is 2.99. The highest BCUT2D eigenvalue weighted by Crippen LogP contribution is 2.65. The third kappa shape index (κ3) is 1.71. The number of carbonyl (C=O) groups excluding carboxylic acids is 1. The third-order valence-electron chi connectivity index (χ3n) is 4.92. The van der Waals surface area contributed by atoms with Crippen molar-refractivity contribution in [3.63, 3.8) is 0 Å². The van der Waals surface area contributed by atoms with Crippen molar-refractivity contribution in [1.29, 1.82) is 0 Å². The highest BCUT2D eigenvalue weighted by molar-refractivity contribution is 5.87. The molecule has 0 aromatic heterocycles. The van der Waals surface area contributed by atoms with Gasteiger partial charge in [0.05, 0.1) is 12.0 Å². The zero-order valence-electron chi connectivity index (χ0n) is 11.1. The molecule has 0 saturated heterocycles. The topological polar surface area (TPSA) is 38.3 Å². The molecule has 1 amide bonds. The number of methoxy groups -OCH3 is 1. The Morgan fingerprint density at radius 2 is 2.29 bits per heavy atom. The van der Waals surface area contributed by atoms with Crippen LogP contribution in [0, 0.1) is 16.7 Å². The number of rotatable bonds is 4. The van der Waals surface area contributed by atoms with Gasteiger partial charge in [0, 0.05) is 13.7 Å². The first-order chi connectivity index (χ1) is 7.95. The van der Waals surface area contributed by atoms with Crippen LogP contribution in [0.1, 0.15) is 33.1 Å². The van der Waals surface area contributed by atoms with E-state index in [4.69, 9.17) is 4.74 Å². The van der Waals surface area contributed by atoms with Gasteiger partial charge in [-0.25, -0.2) is 0 Å². The number of fused-ring (bicyclic) bond motifs is 2. The molecule has 17 heavy (non-hydrogen) atoms. The molecule has 2 aliphatic rings. The predicted molar refractivity (Wildman–Crippen MR) is 67.6 cm³/mol. The molecule has 0 aromatic carbocycles. The van der Waals surface area contributed by atoms with Gasteiger partial charge in [-0.1, -0.05) is 26.0 Å². The largest absolute Gasteiger partial charge is 0.383 e. The zero-order valence-corrected chi connectivity index (χ0v) is 11.1. The second kappa shape index (κ2) is 4.13. The summed E-state index contributed by atoms with van der Waals surface area (Å²) < 4.78 is 4.96. The van der Waals surface area contributed by atoms with Gasteiger partial charge in [-0.05, 0) is 30.6 Å². The van der Waals surface area contributed by atoms with E-state index in [0.29, 0.717) is 19.1 Å². The molecule has 2 aliphatic carbocycles. The Bertz CT molecular complexity index is 348. The minimum atomic E-state index is -0.290. The van der Waals surface area contributed by atoms with Gasteiger partial charge in [0.25, 0.3) is 0 Å². The summed E-state index contributed by atoms with van der Waals surface area (Å²) in [4.78, 5) is 12.4. The van der Waals surface area contributed by atoms with E-state index in [-0.39, 0.29) is 16.7 Å². The fraction of sp³-hybridized carbons (Fsp3) is 0.786. The molecule has 1 N–H and O–H groups in total. The summed E-state index contributed by atoms with van der Waals surface area (Å²) in [6.07, 6.45) is 3.11. The minimum absolute atomic E-state index is 0.122. The maximum Gasteiger partial charge on any atom is 0.230 e. The van der Waals surface area contributed by atoms with Gasteiger partial charge in [-0.2, -0.15) is 0 Å². The SMILES string of the molecule is C=C1C(C)(C)[C@H]2CC[C@@]1(C(=O)NCCOC)C2. The highest BCUT2D eigenvalue weighted by Gasteiger charge is 2.60. The van der Waals surface area contributed by atoms with Crippen LogP contribution in [-0.2, 0) is 9.53 Å². The van der Waals surface area contributed by atoms with Crippen LogP contribution in [0.2, 0.25) is 0 Å². The van der Waals surface area contributed by atoms with Crippen molar-refractivity contribution in [2.75, 3.05) is 20.3 Å². The summed E-state index contributed by atoms with van der Waals surface area (Å²) in [6, 6.07) is 0. The fourth-order valence-corrected chi connectivity index (χ4v) is 3.58. The van der Waals surface area contributed by atoms with Gasteiger partial charge in [-0.15, -0.1) is 0 Å². The lowest BCUT2D eigenvalue weighted by molar-refractivity contribution is -0.128. The van der Waals surface area contributed by atoms with Crippen molar-refractivity contribution < 1.29 is 9.53 Å². The number of hydrogen-bond donors (Lipinski definition) is 1. The Kier molecular flexibility index (Phi) is 3.06. The average Bonchev–Trinajstić information content (AvgIpc) is 2.80. The summed E-state index contributed by atoms with van der Waals surface area (Å²) in [6.45, 7) is 9.83. The first kappa shape index (κ1) is 12.6. The molecule has 0 unspecified atom stereocenters. The Labute approximate surface area is 104 Å². The smallest absolute Gasteiger partial charge is 0.230 e. The summed E-state index contributed by atoms with van der Waals surface area (Å²) in [5.41, 5.74) is 0.967. The van der Waals surface area contributed by atoms with Gasteiger partial charge < -0.3 is 10.1 Å². The molecular weight excluding hydrogens is 214 g/mol.